The Morgan fingerprint density at radius 1 is 1.47 bits per heavy atom. The van der Waals surface area contributed by atoms with Crippen molar-refractivity contribution in [3.63, 3.8) is 0 Å². The third kappa shape index (κ3) is 2.56. The van der Waals surface area contributed by atoms with Gasteiger partial charge in [-0.25, -0.2) is 14.7 Å². The van der Waals surface area contributed by atoms with Gasteiger partial charge < -0.3 is 9.57 Å². The van der Waals surface area contributed by atoms with Gasteiger partial charge in [-0.3, -0.25) is 0 Å². The Labute approximate surface area is 90.7 Å². The number of hydrogen-bond acceptors (Lipinski definition) is 3. The molecule has 1 aromatic carbocycles. The average Bonchev–Trinajstić information content (AvgIpc) is 2.23. The van der Waals surface area contributed by atoms with E-state index in [-0.39, 0.29) is 18.8 Å². The van der Waals surface area contributed by atoms with Crippen LogP contribution in [-0.4, -0.2) is 13.7 Å². The van der Waals surface area contributed by atoms with E-state index in [0.717, 1.165) is 6.07 Å². The minimum Gasteiger partial charge on any atom is -0.493 e. The zero-order chi connectivity index (χ0) is 11.4. The smallest absolute Gasteiger partial charge is 0.186 e. The Balaban J connectivity index is 3.13. The van der Waals surface area contributed by atoms with Crippen LogP contribution in [-0.2, 0) is 11.3 Å². The molecule has 0 bridgehead atoms. The third-order valence-electron chi connectivity index (χ3n) is 1.89. The second-order valence-corrected chi connectivity index (χ2v) is 3.18. The van der Waals surface area contributed by atoms with Crippen LogP contribution < -0.4 is 10.6 Å². The molecule has 0 aromatic heterocycles. The van der Waals surface area contributed by atoms with Gasteiger partial charge in [-0.05, 0) is 6.07 Å². The molecule has 0 heterocycles. The molecule has 0 aliphatic carbocycles. The molecule has 2 N–H and O–H groups in total. The van der Waals surface area contributed by atoms with Gasteiger partial charge >= 0.3 is 0 Å². The fraction of sp³-hybridized carbons (Fsp3) is 0.333. The summed E-state index contributed by atoms with van der Waals surface area (Å²) in [5.74, 6) is 2.99. The predicted octanol–water partition coefficient (Wildman–Crippen LogP) is 2.06. The van der Waals surface area contributed by atoms with Crippen LogP contribution in [0.2, 0.25) is 5.02 Å². The lowest BCUT2D eigenvalue weighted by molar-refractivity contribution is 0.140. The number of methoxy groups -OCH3 is 1. The standard InChI is InChI=1S/C9H10ClF2NO2/c1-14-9-5(2-3-15-13)4-6(11)7(10)8(9)12/h4H,2-3,13H2,1H3. The fourth-order valence-corrected chi connectivity index (χ4v) is 1.34. The molecule has 0 aliphatic rings. The van der Waals surface area contributed by atoms with Crippen molar-refractivity contribution in [2.45, 2.75) is 6.42 Å². The van der Waals surface area contributed by atoms with E-state index in [2.05, 4.69) is 4.84 Å². The van der Waals surface area contributed by atoms with Crippen molar-refractivity contribution in [2.75, 3.05) is 13.7 Å². The molecule has 0 saturated carbocycles. The Kier molecular flexibility index (Phi) is 4.26. The maximum Gasteiger partial charge on any atom is 0.186 e. The topological polar surface area (TPSA) is 44.5 Å². The highest BCUT2D eigenvalue weighted by Gasteiger charge is 2.17. The van der Waals surface area contributed by atoms with Crippen molar-refractivity contribution in [1.29, 1.82) is 0 Å². The summed E-state index contributed by atoms with van der Waals surface area (Å²) in [6, 6.07) is 1.10. The molecule has 0 saturated heterocycles. The number of halogens is 3. The van der Waals surface area contributed by atoms with Crippen molar-refractivity contribution >= 4 is 11.6 Å². The first-order chi connectivity index (χ1) is 7.11. The maximum absolute atomic E-state index is 13.4. The molecule has 0 fully saturated rings. The fourth-order valence-electron chi connectivity index (χ4n) is 1.20. The molecule has 15 heavy (non-hydrogen) atoms. The highest BCUT2D eigenvalue weighted by Crippen LogP contribution is 2.31. The van der Waals surface area contributed by atoms with Gasteiger partial charge in [0.2, 0.25) is 0 Å². The average molecular weight is 238 g/mol. The molecule has 0 unspecified atom stereocenters. The molecule has 0 radical (unpaired) electrons. The number of rotatable bonds is 4. The molecule has 84 valence electrons. The third-order valence-corrected chi connectivity index (χ3v) is 2.23. The van der Waals surface area contributed by atoms with Gasteiger partial charge in [-0.15, -0.1) is 0 Å². The van der Waals surface area contributed by atoms with E-state index in [0.29, 0.717) is 5.56 Å². The molecular formula is C9H10ClF2NO2. The van der Waals surface area contributed by atoms with Crippen LogP contribution >= 0.6 is 11.6 Å². The SMILES string of the molecule is COc1c(CCON)cc(F)c(Cl)c1F. The van der Waals surface area contributed by atoms with Gasteiger partial charge in [-0.2, -0.15) is 0 Å². The monoisotopic (exact) mass is 237 g/mol. The summed E-state index contributed by atoms with van der Waals surface area (Å²) in [6.45, 7) is 0.136. The molecule has 0 aliphatic heterocycles. The van der Waals surface area contributed by atoms with Crippen LogP contribution in [0, 0.1) is 11.6 Å². The number of ether oxygens (including phenoxy) is 1. The largest absolute Gasteiger partial charge is 0.493 e. The highest BCUT2D eigenvalue weighted by atomic mass is 35.5. The van der Waals surface area contributed by atoms with E-state index in [1.165, 1.54) is 7.11 Å². The number of hydrogen-bond donors (Lipinski definition) is 1. The Morgan fingerprint density at radius 3 is 2.67 bits per heavy atom. The van der Waals surface area contributed by atoms with Crippen molar-refractivity contribution < 1.29 is 18.4 Å². The number of nitrogens with two attached hydrogens (primary N) is 1. The lowest BCUT2D eigenvalue weighted by atomic mass is 10.1. The summed E-state index contributed by atoms with van der Waals surface area (Å²) in [5, 5.41) is -0.579. The van der Waals surface area contributed by atoms with E-state index in [1.807, 2.05) is 0 Å². The Morgan fingerprint density at radius 2 is 2.13 bits per heavy atom. The first kappa shape index (κ1) is 12.2. The van der Waals surface area contributed by atoms with Gasteiger partial charge in [0.25, 0.3) is 0 Å². The van der Waals surface area contributed by atoms with Crippen molar-refractivity contribution in [3.05, 3.63) is 28.3 Å². The first-order valence-corrected chi connectivity index (χ1v) is 4.51. The summed E-state index contributed by atoms with van der Waals surface area (Å²) in [6.07, 6.45) is 0.241. The van der Waals surface area contributed by atoms with Crippen LogP contribution in [0.5, 0.6) is 5.75 Å². The second kappa shape index (κ2) is 5.25. The minimum atomic E-state index is -0.911. The van der Waals surface area contributed by atoms with Crippen molar-refractivity contribution in [3.8, 4) is 5.75 Å². The molecular weight excluding hydrogens is 228 g/mol. The number of benzene rings is 1. The lowest BCUT2D eigenvalue weighted by Gasteiger charge is -2.10. The molecule has 0 spiro atoms. The molecule has 0 amide bonds. The summed E-state index contributed by atoms with van der Waals surface area (Å²) in [4.78, 5) is 4.32. The van der Waals surface area contributed by atoms with Crippen LogP contribution in [0.4, 0.5) is 8.78 Å². The minimum absolute atomic E-state index is 0.0848. The predicted molar refractivity (Wildman–Crippen MR) is 51.8 cm³/mol. The quantitative estimate of drug-likeness (QED) is 0.644. The molecule has 3 nitrogen and oxygen atoms in total. The van der Waals surface area contributed by atoms with Gasteiger partial charge in [-0.1, -0.05) is 11.6 Å². The van der Waals surface area contributed by atoms with E-state index >= 15 is 0 Å². The maximum atomic E-state index is 13.4. The zero-order valence-corrected chi connectivity index (χ0v) is 8.78. The van der Waals surface area contributed by atoms with E-state index in [9.17, 15) is 8.78 Å². The van der Waals surface area contributed by atoms with Crippen LogP contribution in [0.1, 0.15) is 5.56 Å². The van der Waals surface area contributed by atoms with E-state index in [4.69, 9.17) is 22.2 Å². The molecule has 1 rings (SSSR count). The van der Waals surface area contributed by atoms with E-state index < -0.39 is 16.7 Å². The zero-order valence-electron chi connectivity index (χ0n) is 8.02. The highest BCUT2D eigenvalue weighted by molar-refractivity contribution is 6.31. The van der Waals surface area contributed by atoms with Gasteiger partial charge in [0.1, 0.15) is 10.8 Å². The van der Waals surface area contributed by atoms with Crippen LogP contribution in [0.15, 0.2) is 6.07 Å². The molecule has 0 atom stereocenters. The van der Waals surface area contributed by atoms with Crippen LogP contribution in [0.3, 0.4) is 0 Å². The summed E-state index contributed by atoms with van der Waals surface area (Å²) in [5.41, 5.74) is 0.322. The Hall–Kier alpha value is -0.910. The van der Waals surface area contributed by atoms with Gasteiger partial charge in [0.15, 0.2) is 11.6 Å². The normalized spacial score (nSPS) is 10.5. The van der Waals surface area contributed by atoms with E-state index in [1.54, 1.807) is 0 Å². The lowest BCUT2D eigenvalue weighted by Crippen LogP contribution is -2.06. The van der Waals surface area contributed by atoms with Crippen LogP contribution in [0.25, 0.3) is 0 Å². The molecule has 6 heteroatoms. The first-order valence-electron chi connectivity index (χ1n) is 4.13. The summed E-state index contributed by atoms with van der Waals surface area (Å²) < 4.78 is 31.3. The van der Waals surface area contributed by atoms with Crippen molar-refractivity contribution in [1.82, 2.24) is 0 Å². The Bertz CT molecular complexity index is 360. The molecule has 1 aromatic rings. The summed E-state index contributed by atoms with van der Waals surface area (Å²) in [7, 11) is 1.28. The second-order valence-electron chi connectivity index (χ2n) is 2.80. The van der Waals surface area contributed by atoms with Crippen molar-refractivity contribution in [2.24, 2.45) is 5.90 Å². The van der Waals surface area contributed by atoms with Gasteiger partial charge in [0, 0.05) is 12.0 Å². The van der Waals surface area contributed by atoms with Gasteiger partial charge in [0.05, 0.1) is 13.7 Å². The summed E-state index contributed by atoms with van der Waals surface area (Å²) >= 11 is 5.38.